The maximum absolute atomic E-state index is 12.2. The van der Waals surface area contributed by atoms with E-state index in [-0.39, 0.29) is 17.5 Å². The molecule has 0 bridgehead atoms. The van der Waals surface area contributed by atoms with Crippen molar-refractivity contribution < 1.29 is 8.42 Å². The lowest BCUT2D eigenvalue weighted by Crippen LogP contribution is -2.36. The molecule has 6 nitrogen and oxygen atoms in total. The number of hydrogen-bond acceptors (Lipinski definition) is 5. The summed E-state index contributed by atoms with van der Waals surface area (Å²) in [5, 5.41) is 5.78. The number of nitrogens with two attached hydrogens (primary N) is 1. The number of sulfonamides is 1. The van der Waals surface area contributed by atoms with Crippen molar-refractivity contribution in [1.29, 1.82) is 0 Å². The monoisotopic (exact) mass is 300 g/mol. The van der Waals surface area contributed by atoms with E-state index in [9.17, 15) is 8.42 Å². The molecular weight excluding hydrogens is 284 g/mol. The normalized spacial score (nSPS) is 13.6. The SMILES string of the molecule is CC(Cn1cccn1)NS(=O)(=O)c1ccsc1CN. The Balaban J connectivity index is 2.09. The van der Waals surface area contributed by atoms with E-state index in [0.717, 1.165) is 0 Å². The van der Waals surface area contributed by atoms with Gasteiger partial charge in [-0.1, -0.05) is 0 Å². The maximum Gasteiger partial charge on any atom is 0.242 e. The first-order valence-electron chi connectivity index (χ1n) is 5.79. The van der Waals surface area contributed by atoms with Crippen LogP contribution in [-0.2, 0) is 23.1 Å². The second kappa shape index (κ2) is 5.83. The van der Waals surface area contributed by atoms with Crippen LogP contribution in [0.25, 0.3) is 0 Å². The van der Waals surface area contributed by atoms with Crippen molar-refractivity contribution >= 4 is 21.4 Å². The zero-order chi connectivity index (χ0) is 13.9. The molecule has 0 aliphatic heterocycles. The topological polar surface area (TPSA) is 90.0 Å². The summed E-state index contributed by atoms with van der Waals surface area (Å²) in [5.41, 5.74) is 5.54. The summed E-state index contributed by atoms with van der Waals surface area (Å²) in [6.45, 7) is 2.50. The van der Waals surface area contributed by atoms with Crippen LogP contribution in [0, 0.1) is 0 Å². The van der Waals surface area contributed by atoms with E-state index in [4.69, 9.17) is 5.73 Å². The van der Waals surface area contributed by atoms with E-state index in [2.05, 4.69) is 9.82 Å². The van der Waals surface area contributed by atoms with Gasteiger partial charge in [-0.05, 0) is 24.4 Å². The van der Waals surface area contributed by atoms with E-state index >= 15 is 0 Å². The first-order valence-corrected chi connectivity index (χ1v) is 8.15. The van der Waals surface area contributed by atoms with Gasteiger partial charge in [-0.25, -0.2) is 13.1 Å². The first kappa shape index (κ1) is 14.2. The van der Waals surface area contributed by atoms with Gasteiger partial charge in [0.15, 0.2) is 0 Å². The highest BCUT2D eigenvalue weighted by atomic mass is 32.2. The minimum absolute atomic E-state index is 0.224. The highest BCUT2D eigenvalue weighted by molar-refractivity contribution is 7.89. The fourth-order valence-electron chi connectivity index (χ4n) is 1.77. The van der Waals surface area contributed by atoms with Gasteiger partial charge in [-0.2, -0.15) is 5.10 Å². The molecule has 8 heteroatoms. The Morgan fingerprint density at radius 2 is 2.37 bits per heavy atom. The van der Waals surface area contributed by atoms with Crippen LogP contribution in [0.15, 0.2) is 34.8 Å². The Bertz CT molecular complexity index is 619. The van der Waals surface area contributed by atoms with Gasteiger partial charge in [-0.3, -0.25) is 4.68 Å². The van der Waals surface area contributed by atoms with Gasteiger partial charge in [0.1, 0.15) is 0 Å². The molecule has 0 saturated heterocycles. The second-order valence-electron chi connectivity index (χ2n) is 4.16. The van der Waals surface area contributed by atoms with Crippen LogP contribution in [-0.4, -0.2) is 24.2 Å². The Labute approximate surface area is 116 Å². The molecule has 0 amide bonds. The highest BCUT2D eigenvalue weighted by Gasteiger charge is 2.21. The third-order valence-corrected chi connectivity index (χ3v) is 5.30. The van der Waals surface area contributed by atoms with Crippen molar-refractivity contribution in [3.8, 4) is 0 Å². The van der Waals surface area contributed by atoms with Crippen LogP contribution in [0.4, 0.5) is 0 Å². The van der Waals surface area contributed by atoms with E-state index in [0.29, 0.717) is 11.4 Å². The number of nitrogens with one attached hydrogen (secondary N) is 1. The van der Waals surface area contributed by atoms with Crippen LogP contribution in [0.5, 0.6) is 0 Å². The van der Waals surface area contributed by atoms with Crippen molar-refractivity contribution in [1.82, 2.24) is 14.5 Å². The zero-order valence-electron chi connectivity index (χ0n) is 10.5. The molecular formula is C11H16N4O2S2. The van der Waals surface area contributed by atoms with Gasteiger partial charge in [-0.15, -0.1) is 11.3 Å². The van der Waals surface area contributed by atoms with E-state index in [1.54, 1.807) is 41.5 Å². The minimum Gasteiger partial charge on any atom is -0.326 e. The smallest absolute Gasteiger partial charge is 0.242 e. The van der Waals surface area contributed by atoms with Crippen molar-refractivity contribution in [2.75, 3.05) is 0 Å². The number of rotatable bonds is 6. The zero-order valence-corrected chi connectivity index (χ0v) is 12.1. The summed E-state index contributed by atoms with van der Waals surface area (Å²) in [4.78, 5) is 0.936. The molecule has 0 aliphatic rings. The van der Waals surface area contributed by atoms with Gasteiger partial charge < -0.3 is 5.73 Å². The van der Waals surface area contributed by atoms with Gasteiger partial charge >= 0.3 is 0 Å². The van der Waals surface area contributed by atoms with Crippen LogP contribution in [0.3, 0.4) is 0 Å². The molecule has 19 heavy (non-hydrogen) atoms. The van der Waals surface area contributed by atoms with Gasteiger partial charge in [0.2, 0.25) is 10.0 Å². The lowest BCUT2D eigenvalue weighted by Gasteiger charge is -2.14. The van der Waals surface area contributed by atoms with E-state index in [1.165, 1.54) is 11.3 Å². The van der Waals surface area contributed by atoms with Crippen molar-refractivity contribution in [2.45, 2.75) is 31.0 Å². The van der Waals surface area contributed by atoms with Crippen LogP contribution in [0.1, 0.15) is 11.8 Å². The number of aromatic nitrogens is 2. The average molecular weight is 300 g/mol. The van der Waals surface area contributed by atoms with Crippen LogP contribution >= 0.6 is 11.3 Å². The lowest BCUT2D eigenvalue weighted by molar-refractivity contribution is 0.493. The second-order valence-corrected chi connectivity index (χ2v) is 6.85. The fraction of sp³-hybridized carbons (Fsp3) is 0.364. The maximum atomic E-state index is 12.2. The van der Waals surface area contributed by atoms with Crippen molar-refractivity contribution in [2.24, 2.45) is 5.73 Å². The quantitative estimate of drug-likeness (QED) is 0.824. The largest absolute Gasteiger partial charge is 0.326 e. The molecule has 2 aromatic rings. The third-order valence-electron chi connectivity index (χ3n) is 2.56. The van der Waals surface area contributed by atoms with Crippen LogP contribution < -0.4 is 10.5 Å². The summed E-state index contributed by atoms with van der Waals surface area (Å²) < 4.78 is 28.8. The summed E-state index contributed by atoms with van der Waals surface area (Å²) in [7, 11) is -3.52. The molecule has 2 heterocycles. The molecule has 0 saturated carbocycles. The summed E-state index contributed by atoms with van der Waals surface area (Å²) in [6.07, 6.45) is 3.45. The summed E-state index contributed by atoms with van der Waals surface area (Å²) in [5.74, 6) is 0. The molecule has 0 aromatic carbocycles. The molecule has 0 spiro atoms. The fourth-order valence-corrected chi connectivity index (χ4v) is 4.34. The van der Waals surface area contributed by atoms with Crippen molar-refractivity contribution in [3.63, 3.8) is 0 Å². The molecule has 1 atom stereocenters. The first-order chi connectivity index (χ1) is 9.03. The Morgan fingerprint density at radius 3 is 3.00 bits per heavy atom. The Kier molecular flexibility index (Phi) is 4.35. The molecule has 0 aliphatic carbocycles. The highest BCUT2D eigenvalue weighted by Crippen LogP contribution is 2.21. The minimum atomic E-state index is -3.52. The molecule has 104 valence electrons. The molecule has 2 aromatic heterocycles. The molecule has 3 N–H and O–H groups in total. The predicted octanol–water partition coefficient (Wildman–Crippen LogP) is 0.770. The molecule has 0 fully saturated rings. The molecule has 0 radical (unpaired) electrons. The summed E-state index contributed by atoms with van der Waals surface area (Å²) >= 11 is 1.35. The van der Waals surface area contributed by atoms with Gasteiger partial charge in [0.25, 0.3) is 0 Å². The Morgan fingerprint density at radius 1 is 1.58 bits per heavy atom. The number of hydrogen-bond donors (Lipinski definition) is 2. The van der Waals surface area contributed by atoms with Crippen molar-refractivity contribution in [3.05, 3.63) is 34.8 Å². The van der Waals surface area contributed by atoms with E-state index < -0.39 is 10.0 Å². The number of thiophene rings is 1. The third kappa shape index (κ3) is 3.41. The number of nitrogens with zero attached hydrogens (tertiary/aromatic N) is 2. The van der Waals surface area contributed by atoms with Gasteiger partial charge in [0.05, 0.1) is 11.4 Å². The lowest BCUT2D eigenvalue weighted by atomic mass is 10.4. The van der Waals surface area contributed by atoms with Gasteiger partial charge in [0, 0.05) is 29.9 Å². The summed E-state index contributed by atoms with van der Waals surface area (Å²) in [6, 6.07) is 3.12. The van der Waals surface area contributed by atoms with Crippen LogP contribution in [0.2, 0.25) is 0 Å². The van der Waals surface area contributed by atoms with E-state index in [1.807, 2.05) is 0 Å². The predicted molar refractivity (Wildman–Crippen MR) is 74.2 cm³/mol. The standard InChI is InChI=1S/C11H16N4O2S2/c1-9(8-15-5-2-4-13-15)14-19(16,17)11-3-6-18-10(11)7-12/h2-6,9,14H,7-8,12H2,1H3. The molecule has 1 unspecified atom stereocenters. The average Bonchev–Trinajstić information content (AvgIpc) is 2.97. The Hall–Kier alpha value is -1.22. The molecule has 2 rings (SSSR count).